The van der Waals surface area contributed by atoms with Crippen LogP contribution in [0.5, 0.6) is 0 Å². The molecule has 1 heterocycles. The molecule has 1 unspecified atom stereocenters. The number of amides is 1. The summed E-state index contributed by atoms with van der Waals surface area (Å²) >= 11 is 0. The Balaban J connectivity index is 2.69. The van der Waals surface area contributed by atoms with Gasteiger partial charge < -0.3 is 14.7 Å². The maximum Gasteiger partial charge on any atom is 0.314 e. The number of hydrogen-bond donors (Lipinski definition) is 1. The molecular formula is C17H31NO4. The van der Waals surface area contributed by atoms with Gasteiger partial charge >= 0.3 is 5.97 Å². The molecule has 0 aromatic rings. The molecule has 1 aliphatic heterocycles. The summed E-state index contributed by atoms with van der Waals surface area (Å²) < 4.78 is 5.61. The van der Waals surface area contributed by atoms with Gasteiger partial charge in [-0.1, -0.05) is 19.3 Å². The van der Waals surface area contributed by atoms with Gasteiger partial charge in [-0.3, -0.25) is 9.59 Å². The van der Waals surface area contributed by atoms with Crippen molar-refractivity contribution in [1.29, 1.82) is 0 Å². The molecule has 128 valence electrons. The zero-order valence-corrected chi connectivity index (χ0v) is 14.5. The third kappa shape index (κ3) is 5.59. The molecule has 1 amide bonds. The summed E-state index contributed by atoms with van der Waals surface area (Å²) in [7, 11) is 0. The smallest absolute Gasteiger partial charge is 0.314 e. The minimum atomic E-state index is -0.557. The minimum Gasteiger partial charge on any atom is -0.459 e. The molecule has 1 fully saturated rings. The molecule has 0 radical (unpaired) electrons. The van der Waals surface area contributed by atoms with Gasteiger partial charge in [-0.25, -0.2) is 0 Å². The standard InChI is InChI=1S/C17H31NO4/c1-14(20)18-11-10-17(13-18,9-7-5-6-8-12-19)15(21)22-16(2,3)4/h19H,5-13H2,1-4H3. The van der Waals surface area contributed by atoms with Crippen LogP contribution < -0.4 is 0 Å². The first-order chi connectivity index (χ1) is 10.2. The predicted octanol–water partition coefficient (Wildman–Crippen LogP) is 2.51. The highest BCUT2D eigenvalue weighted by Crippen LogP contribution is 2.38. The number of aliphatic hydroxyl groups is 1. The molecule has 22 heavy (non-hydrogen) atoms. The Morgan fingerprint density at radius 1 is 1.18 bits per heavy atom. The average molecular weight is 313 g/mol. The molecule has 5 nitrogen and oxygen atoms in total. The van der Waals surface area contributed by atoms with Crippen molar-refractivity contribution < 1.29 is 19.4 Å². The highest BCUT2D eigenvalue weighted by atomic mass is 16.6. The van der Waals surface area contributed by atoms with E-state index in [1.807, 2.05) is 20.8 Å². The van der Waals surface area contributed by atoms with Crippen molar-refractivity contribution in [2.75, 3.05) is 19.7 Å². The zero-order valence-electron chi connectivity index (χ0n) is 14.5. The number of ether oxygens (including phenoxy) is 1. The van der Waals surface area contributed by atoms with Crippen molar-refractivity contribution in [3.05, 3.63) is 0 Å². The van der Waals surface area contributed by atoms with E-state index in [0.717, 1.165) is 32.1 Å². The van der Waals surface area contributed by atoms with Crippen molar-refractivity contribution in [3.8, 4) is 0 Å². The van der Waals surface area contributed by atoms with Gasteiger partial charge in [0.25, 0.3) is 0 Å². The molecule has 0 aliphatic carbocycles. The topological polar surface area (TPSA) is 66.8 Å². The largest absolute Gasteiger partial charge is 0.459 e. The van der Waals surface area contributed by atoms with Gasteiger partial charge in [0.15, 0.2) is 0 Å². The molecule has 0 aromatic carbocycles. The van der Waals surface area contributed by atoms with Crippen LogP contribution in [-0.4, -0.2) is 47.2 Å². The van der Waals surface area contributed by atoms with Gasteiger partial charge in [0.05, 0.1) is 5.41 Å². The summed E-state index contributed by atoms with van der Waals surface area (Å²) in [6.45, 7) is 8.48. The second-order valence-corrected chi connectivity index (χ2v) is 7.36. The van der Waals surface area contributed by atoms with E-state index in [9.17, 15) is 9.59 Å². The second-order valence-electron chi connectivity index (χ2n) is 7.36. The third-order valence-corrected chi connectivity index (χ3v) is 4.19. The summed E-state index contributed by atoms with van der Waals surface area (Å²) in [5, 5.41) is 8.82. The van der Waals surface area contributed by atoms with E-state index in [1.54, 1.807) is 11.8 Å². The molecule has 1 saturated heterocycles. The summed E-state index contributed by atoms with van der Waals surface area (Å²) in [6, 6.07) is 0. The maximum atomic E-state index is 12.7. The van der Waals surface area contributed by atoms with Crippen molar-refractivity contribution in [2.24, 2.45) is 5.41 Å². The first-order valence-corrected chi connectivity index (χ1v) is 8.30. The number of rotatable bonds is 7. The van der Waals surface area contributed by atoms with E-state index < -0.39 is 11.0 Å². The number of hydrogen-bond acceptors (Lipinski definition) is 4. The fourth-order valence-corrected chi connectivity index (χ4v) is 2.93. The number of nitrogens with zero attached hydrogens (tertiary/aromatic N) is 1. The van der Waals surface area contributed by atoms with Crippen molar-refractivity contribution >= 4 is 11.9 Å². The van der Waals surface area contributed by atoms with Crippen LogP contribution in [0.1, 0.15) is 66.2 Å². The molecule has 1 N–H and O–H groups in total. The van der Waals surface area contributed by atoms with Crippen LogP contribution in [0.4, 0.5) is 0 Å². The van der Waals surface area contributed by atoms with Crippen molar-refractivity contribution in [3.63, 3.8) is 0 Å². The van der Waals surface area contributed by atoms with E-state index in [-0.39, 0.29) is 18.5 Å². The van der Waals surface area contributed by atoms with E-state index in [2.05, 4.69) is 0 Å². The van der Waals surface area contributed by atoms with E-state index in [0.29, 0.717) is 19.5 Å². The average Bonchev–Trinajstić information content (AvgIpc) is 2.82. The van der Waals surface area contributed by atoms with Crippen LogP contribution in [0.3, 0.4) is 0 Å². The number of carbonyl (C=O) groups is 2. The van der Waals surface area contributed by atoms with Crippen LogP contribution in [0.2, 0.25) is 0 Å². The van der Waals surface area contributed by atoms with Crippen molar-refractivity contribution in [2.45, 2.75) is 71.8 Å². The lowest BCUT2D eigenvalue weighted by Gasteiger charge is -2.31. The molecule has 0 saturated carbocycles. The number of likely N-dealkylation sites (tertiary alicyclic amines) is 1. The number of unbranched alkanes of at least 4 members (excludes halogenated alkanes) is 3. The molecule has 1 aliphatic rings. The van der Waals surface area contributed by atoms with Crippen LogP contribution >= 0.6 is 0 Å². The molecule has 0 aromatic heterocycles. The fraction of sp³-hybridized carbons (Fsp3) is 0.882. The molecule has 1 rings (SSSR count). The monoisotopic (exact) mass is 313 g/mol. The van der Waals surface area contributed by atoms with E-state index in [4.69, 9.17) is 9.84 Å². The quantitative estimate of drug-likeness (QED) is 0.579. The fourth-order valence-electron chi connectivity index (χ4n) is 2.93. The minimum absolute atomic E-state index is 0.0192. The number of carbonyl (C=O) groups excluding carboxylic acids is 2. The molecule has 0 bridgehead atoms. The lowest BCUT2D eigenvalue weighted by molar-refractivity contribution is -0.167. The molecular weight excluding hydrogens is 282 g/mol. The predicted molar refractivity (Wildman–Crippen MR) is 85.3 cm³/mol. The van der Waals surface area contributed by atoms with Gasteiger partial charge in [-0.15, -0.1) is 0 Å². The summed E-state index contributed by atoms with van der Waals surface area (Å²) in [4.78, 5) is 26.0. The maximum absolute atomic E-state index is 12.7. The Kier molecular flexibility index (Phi) is 6.85. The van der Waals surface area contributed by atoms with E-state index in [1.165, 1.54) is 0 Å². The van der Waals surface area contributed by atoms with Crippen LogP contribution in [-0.2, 0) is 14.3 Å². The Hall–Kier alpha value is -1.10. The highest BCUT2D eigenvalue weighted by molar-refractivity contribution is 5.81. The van der Waals surface area contributed by atoms with Crippen LogP contribution in [0.15, 0.2) is 0 Å². The Bertz CT molecular complexity index is 389. The number of aliphatic hydroxyl groups excluding tert-OH is 1. The SMILES string of the molecule is CC(=O)N1CCC(CCCCCCO)(C(=O)OC(C)(C)C)C1. The second kappa shape index (κ2) is 7.95. The van der Waals surface area contributed by atoms with Gasteiger partial charge in [0.1, 0.15) is 5.60 Å². The van der Waals surface area contributed by atoms with Crippen LogP contribution in [0, 0.1) is 5.41 Å². The lowest BCUT2D eigenvalue weighted by Crippen LogP contribution is -2.40. The summed E-state index contributed by atoms with van der Waals surface area (Å²) in [5.41, 5.74) is -1.07. The van der Waals surface area contributed by atoms with Gasteiger partial charge in [0, 0.05) is 26.6 Å². The Morgan fingerprint density at radius 3 is 2.32 bits per heavy atom. The Morgan fingerprint density at radius 2 is 1.82 bits per heavy atom. The number of esters is 1. The first kappa shape index (κ1) is 18.9. The molecule has 0 spiro atoms. The van der Waals surface area contributed by atoms with E-state index >= 15 is 0 Å². The lowest BCUT2D eigenvalue weighted by atomic mass is 9.81. The Labute approximate surface area is 134 Å². The molecule has 5 heteroatoms. The van der Waals surface area contributed by atoms with Gasteiger partial charge in [-0.2, -0.15) is 0 Å². The van der Waals surface area contributed by atoms with Crippen LogP contribution in [0.25, 0.3) is 0 Å². The van der Waals surface area contributed by atoms with Gasteiger partial charge in [0.2, 0.25) is 5.91 Å². The molecule has 1 atom stereocenters. The summed E-state index contributed by atoms with van der Waals surface area (Å²) in [6.07, 6.45) is 5.12. The normalized spacial score (nSPS) is 22.0. The summed E-state index contributed by atoms with van der Waals surface area (Å²) in [5.74, 6) is -0.156. The van der Waals surface area contributed by atoms with Gasteiger partial charge in [-0.05, 0) is 40.0 Å². The third-order valence-electron chi connectivity index (χ3n) is 4.19. The highest BCUT2D eigenvalue weighted by Gasteiger charge is 2.47. The first-order valence-electron chi connectivity index (χ1n) is 8.30. The van der Waals surface area contributed by atoms with Crippen molar-refractivity contribution in [1.82, 2.24) is 4.90 Å². The zero-order chi connectivity index (χ0) is 16.8.